The molecule has 0 aromatic carbocycles. The Bertz CT molecular complexity index is 957. The highest BCUT2D eigenvalue weighted by Crippen LogP contribution is 2.29. The van der Waals surface area contributed by atoms with E-state index in [1.807, 2.05) is 18.9 Å². The van der Waals surface area contributed by atoms with Crippen LogP contribution in [-0.4, -0.2) is 103 Å². The van der Waals surface area contributed by atoms with Gasteiger partial charge in [-0.2, -0.15) is 18.2 Å². The molecule has 0 spiro atoms. The molecule has 0 radical (unpaired) electrons. The first-order chi connectivity index (χ1) is 16.8. The number of nitrogens with zero attached hydrogens (tertiary/aromatic N) is 6. The van der Waals surface area contributed by atoms with Gasteiger partial charge in [0.25, 0.3) is 0 Å². The number of morpholine rings is 1. The van der Waals surface area contributed by atoms with E-state index in [4.69, 9.17) is 14.9 Å². The summed E-state index contributed by atoms with van der Waals surface area (Å²) in [5.41, 5.74) is 0.962. The Kier molecular flexibility index (Phi) is 9.51. The lowest BCUT2D eigenvalue weighted by atomic mass is 10.2. The van der Waals surface area contributed by atoms with Gasteiger partial charge >= 0.3 is 6.18 Å². The lowest BCUT2D eigenvalue weighted by molar-refractivity contribution is -0.172. The number of alkyl halides is 3. The molecule has 0 aliphatic carbocycles. The van der Waals surface area contributed by atoms with Gasteiger partial charge < -0.3 is 30.4 Å². The Morgan fingerprint density at radius 2 is 2.06 bits per heavy atom. The zero-order chi connectivity index (χ0) is 25.3. The largest absolute Gasteiger partial charge is 0.411 e. The fourth-order valence-corrected chi connectivity index (χ4v) is 3.22. The molecular formula is C21H30F3N9O2. The second kappa shape index (κ2) is 12.6. The highest BCUT2D eigenvalue weighted by atomic mass is 19.4. The Hall–Kier alpha value is -3.10. The van der Waals surface area contributed by atoms with E-state index < -0.39 is 12.8 Å². The number of halogens is 3. The normalized spacial score (nSPS) is 14.5. The van der Waals surface area contributed by atoms with Crippen LogP contribution < -0.4 is 15.5 Å². The second-order valence-electron chi connectivity index (χ2n) is 7.79. The number of nitrogens with one attached hydrogen (secondary N) is 3. The molecule has 14 heteroatoms. The van der Waals surface area contributed by atoms with Gasteiger partial charge in [-0.25, -0.2) is 15.0 Å². The SMILES string of the molecule is CCN(C)c1nc(Nc2ccncn2)c(NCCOCC(F)(F)F)c(C(=N)CN2CCOCC2)n1. The maximum absolute atomic E-state index is 12.4. The summed E-state index contributed by atoms with van der Waals surface area (Å²) < 4.78 is 47.4. The molecule has 2 aromatic heterocycles. The number of aromatic nitrogens is 4. The molecule has 1 aliphatic heterocycles. The van der Waals surface area contributed by atoms with Crippen LogP contribution >= 0.6 is 0 Å². The number of hydrogen-bond acceptors (Lipinski definition) is 11. The standard InChI is InChI=1S/C21H30F3N9O2/c1-3-32(2)20-30-17(15(25)12-33-7-10-34-11-8-33)18(27-6-9-35-13-21(22,23)24)19(31-20)29-16-4-5-26-14-28-16/h4-5,14,25,27H,3,6-13H2,1-2H3,(H,26,28,29,30,31). The molecule has 3 heterocycles. The van der Waals surface area contributed by atoms with Crippen molar-refractivity contribution in [2.75, 3.05) is 81.7 Å². The van der Waals surface area contributed by atoms with Gasteiger partial charge in [0.1, 0.15) is 30.1 Å². The molecule has 3 N–H and O–H groups in total. The van der Waals surface area contributed by atoms with E-state index in [-0.39, 0.29) is 18.9 Å². The summed E-state index contributed by atoms with van der Waals surface area (Å²) in [6.45, 7) is 3.98. The lowest BCUT2D eigenvalue weighted by Crippen LogP contribution is -2.40. The van der Waals surface area contributed by atoms with Gasteiger partial charge in [0.2, 0.25) is 5.95 Å². The van der Waals surface area contributed by atoms with E-state index in [0.717, 1.165) is 0 Å². The third kappa shape index (κ3) is 8.26. The molecule has 1 aliphatic rings. The third-order valence-corrected chi connectivity index (χ3v) is 5.13. The van der Waals surface area contributed by atoms with Crippen LogP contribution in [0, 0.1) is 5.41 Å². The number of anilines is 4. The molecule has 0 saturated carbocycles. The van der Waals surface area contributed by atoms with Crippen LogP contribution in [0.1, 0.15) is 12.6 Å². The quantitative estimate of drug-likeness (QED) is 0.297. The Balaban J connectivity index is 1.91. The summed E-state index contributed by atoms with van der Waals surface area (Å²) in [5.74, 6) is 1.20. The van der Waals surface area contributed by atoms with E-state index in [2.05, 4.69) is 35.5 Å². The van der Waals surface area contributed by atoms with Crippen LogP contribution in [0.2, 0.25) is 0 Å². The first-order valence-corrected chi connectivity index (χ1v) is 11.2. The van der Waals surface area contributed by atoms with Crippen molar-refractivity contribution in [3.8, 4) is 0 Å². The van der Waals surface area contributed by atoms with Crippen LogP contribution in [0.15, 0.2) is 18.6 Å². The number of rotatable bonds is 12. The minimum absolute atomic E-state index is 0.0543. The molecule has 0 unspecified atom stereocenters. The maximum atomic E-state index is 12.4. The van der Waals surface area contributed by atoms with Crippen molar-refractivity contribution in [2.24, 2.45) is 0 Å². The summed E-state index contributed by atoms with van der Waals surface area (Å²) in [5, 5.41) is 15.0. The zero-order valence-corrected chi connectivity index (χ0v) is 19.7. The minimum atomic E-state index is -4.40. The van der Waals surface area contributed by atoms with Crippen LogP contribution in [0.3, 0.4) is 0 Å². The molecule has 0 bridgehead atoms. The maximum Gasteiger partial charge on any atom is 0.411 e. The van der Waals surface area contributed by atoms with Gasteiger partial charge in [-0.15, -0.1) is 0 Å². The smallest absolute Gasteiger partial charge is 0.379 e. The molecular weight excluding hydrogens is 467 g/mol. The van der Waals surface area contributed by atoms with Gasteiger partial charge in [-0.1, -0.05) is 0 Å². The van der Waals surface area contributed by atoms with Crippen molar-refractivity contribution in [3.63, 3.8) is 0 Å². The molecule has 35 heavy (non-hydrogen) atoms. The summed E-state index contributed by atoms with van der Waals surface area (Å²) in [4.78, 5) is 21.2. The fourth-order valence-electron chi connectivity index (χ4n) is 3.22. The summed E-state index contributed by atoms with van der Waals surface area (Å²) in [6.07, 6.45) is -1.46. The molecule has 192 valence electrons. The lowest BCUT2D eigenvalue weighted by Gasteiger charge is -2.27. The average molecular weight is 498 g/mol. The Morgan fingerprint density at radius 1 is 1.29 bits per heavy atom. The fraction of sp³-hybridized carbons (Fsp3) is 0.571. The van der Waals surface area contributed by atoms with Crippen LogP contribution in [-0.2, 0) is 9.47 Å². The molecule has 2 aromatic rings. The predicted molar refractivity (Wildman–Crippen MR) is 126 cm³/mol. The van der Waals surface area contributed by atoms with Gasteiger partial charge in [-0.05, 0) is 13.0 Å². The van der Waals surface area contributed by atoms with Crippen molar-refractivity contribution >= 4 is 29.0 Å². The third-order valence-electron chi connectivity index (χ3n) is 5.13. The van der Waals surface area contributed by atoms with Gasteiger partial charge in [0.05, 0.1) is 25.5 Å². The summed E-state index contributed by atoms with van der Waals surface area (Å²) in [6, 6.07) is 1.65. The molecule has 1 saturated heterocycles. The molecule has 0 amide bonds. The molecule has 11 nitrogen and oxygen atoms in total. The highest BCUT2D eigenvalue weighted by molar-refractivity contribution is 6.05. The van der Waals surface area contributed by atoms with E-state index in [0.29, 0.717) is 68.4 Å². The molecule has 3 rings (SSSR count). The predicted octanol–water partition coefficient (Wildman–Crippen LogP) is 2.16. The summed E-state index contributed by atoms with van der Waals surface area (Å²) >= 11 is 0. The van der Waals surface area contributed by atoms with E-state index in [9.17, 15) is 13.2 Å². The van der Waals surface area contributed by atoms with Crippen molar-refractivity contribution in [1.82, 2.24) is 24.8 Å². The Morgan fingerprint density at radius 3 is 2.71 bits per heavy atom. The van der Waals surface area contributed by atoms with E-state index in [1.165, 1.54) is 6.33 Å². The first-order valence-electron chi connectivity index (χ1n) is 11.2. The second-order valence-corrected chi connectivity index (χ2v) is 7.79. The molecule has 0 atom stereocenters. The molecule has 1 fully saturated rings. The first kappa shape index (κ1) is 26.5. The number of ether oxygens (including phenoxy) is 2. The van der Waals surface area contributed by atoms with Crippen molar-refractivity contribution in [2.45, 2.75) is 13.1 Å². The van der Waals surface area contributed by atoms with Gasteiger partial charge in [0, 0.05) is 46.0 Å². The highest BCUT2D eigenvalue weighted by Gasteiger charge is 2.27. The summed E-state index contributed by atoms with van der Waals surface area (Å²) in [7, 11) is 1.83. The monoisotopic (exact) mass is 497 g/mol. The van der Waals surface area contributed by atoms with Crippen molar-refractivity contribution < 1.29 is 22.6 Å². The number of hydrogen-bond donors (Lipinski definition) is 3. The van der Waals surface area contributed by atoms with Crippen LogP contribution in [0.4, 0.5) is 36.4 Å². The minimum Gasteiger partial charge on any atom is -0.379 e. The van der Waals surface area contributed by atoms with Crippen LogP contribution in [0.25, 0.3) is 0 Å². The topological polar surface area (TPSA) is 124 Å². The van der Waals surface area contributed by atoms with E-state index >= 15 is 0 Å². The van der Waals surface area contributed by atoms with E-state index in [1.54, 1.807) is 12.3 Å². The zero-order valence-electron chi connectivity index (χ0n) is 19.7. The Labute approximate surface area is 201 Å². The van der Waals surface area contributed by atoms with Crippen molar-refractivity contribution in [1.29, 1.82) is 5.41 Å². The average Bonchev–Trinajstić information content (AvgIpc) is 2.84. The van der Waals surface area contributed by atoms with Crippen LogP contribution in [0.5, 0.6) is 0 Å². The van der Waals surface area contributed by atoms with Crippen molar-refractivity contribution in [3.05, 3.63) is 24.3 Å². The van der Waals surface area contributed by atoms with Gasteiger partial charge in [0.15, 0.2) is 5.82 Å². The van der Waals surface area contributed by atoms with Gasteiger partial charge in [-0.3, -0.25) is 4.90 Å².